The van der Waals surface area contributed by atoms with Crippen molar-refractivity contribution in [2.45, 2.75) is 77.5 Å². The molecule has 0 aliphatic heterocycles. The van der Waals surface area contributed by atoms with Gasteiger partial charge in [-0.1, -0.05) is 43.2 Å². The second-order valence-corrected chi connectivity index (χ2v) is 8.22. The van der Waals surface area contributed by atoms with Gasteiger partial charge in [0, 0.05) is 6.04 Å². The lowest BCUT2D eigenvalue weighted by molar-refractivity contribution is -0.123. The van der Waals surface area contributed by atoms with Gasteiger partial charge in [0.15, 0.2) is 0 Å². The summed E-state index contributed by atoms with van der Waals surface area (Å²) in [6.07, 6.45) is 4.98. The van der Waals surface area contributed by atoms with Crippen molar-refractivity contribution in [2.75, 3.05) is 0 Å². The van der Waals surface area contributed by atoms with Crippen LogP contribution in [0.1, 0.15) is 58.9 Å². The minimum Gasteiger partial charge on any atom is -0.444 e. The molecule has 1 aromatic rings. The summed E-state index contributed by atoms with van der Waals surface area (Å²) in [7, 11) is 0. The van der Waals surface area contributed by atoms with Crippen molar-refractivity contribution in [3.8, 4) is 0 Å². The summed E-state index contributed by atoms with van der Waals surface area (Å²) in [5.74, 6) is 0.330. The predicted molar refractivity (Wildman–Crippen MR) is 103 cm³/mol. The van der Waals surface area contributed by atoms with Crippen molar-refractivity contribution in [3.63, 3.8) is 0 Å². The Morgan fingerprint density at radius 2 is 1.73 bits per heavy atom. The number of hydrogen-bond acceptors (Lipinski definition) is 3. The average Bonchev–Trinajstić information content (AvgIpc) is 3.07. The lowest BCUT2D eigenvalue weighted by Gasteiger charge is -2.27. The van der Waals surface area contributed by atoms with E-state index in [2.05, 4.69) is 22.8 Å². The van der Waals surface area contributed by atoms with Gasteiger partial charge < -0.3 is 15.4 Å². The molecule has 2 unspecified atom stereocenters. The molecule has 26 heavy (non-hydrogen) atoms. The van der Waals surface area contributed by atoms with Gasteiger partial charge >= 0.3 is 6.09 Å². The van der Waals surface area contributed by atoms with Gasteiger partial charge in [0.05, 0.1) is 0 Å². The van der Waals surface area contributed by atoms with E-state index in [9.17, 15) is 9.59 Å². The van der Waals surface area contributed by atoms with Crippen LogP contribution in [0.15, 0.2) is 30.3 Å². The quantitative estimate of drug-likeness (QED) is 0.810. The van der Waals surface area contributed by atoms with Crippen LogP contribution in [-0.2, 0) is 16.0 Å². The van der Waals surface area contributed by atoms with Crippen LogP contribution >= 0.6 is 0 Å². The van der Waals surface area contributed by atoms with E-state index in [4.69, 9.17) is 4.74 Å². The fourth-order valence-electron chi connectivity index (χ4n) is 3.42. The number of amides is 2. The van der Waals surface area contributed by atoms with E-state index in [1.807, 2.05) is 18.2 Å². The maximum atomic E-state index is 12.6. The van der Waals surface area contributed by atoms with Gasteiger partial charge in [0.1, 0.15) is 11.6 Å². The van der Waals surface area contributed by atoms with E-state index in [1.54, 1.807) is 27.7 Å². The minimum absolute atomic E-state index is 0.0929. The maximum absolute atomic E-state index is 12.6. The highest BCUT2D eigenvalue weighted by Crippen LogP contribution is 2.29. The molecule has 0 spiro atoms. The molecule has 144 valence electrons. The number of rotatable bonds is 6. The van der Waals surface area contributed by atoms with Gasteiger partial charge in [-0.2, -0.15) is 0 Å². The number of benzene rings is 1. The molecule has 2 rings (SSSR count). The Hall–Kier alpha value is -2.04. The van der Waals surface area contributed by atoms with E-state index in [-0.39, 0.29) is 11.9 Å². The van der Waals surface area contributed by atoms with E-state index in [0.717, 1.165) is 19.3 Å². The molecule has 5 nitrogen and oxygen atoms in total. The zero-order valence-corrected chi connectivity index (χ0v) is 16.4. The third-order valence-corrected chi connectivity index (χ3v) is 4.72. The maximum Gasteiger partial charge on any atom is 0.408 e. The van der Waals surface area contributed by atoms with Crippen LogP contribution in [0.5, 0.6) is 0 Å². The van der Waals surface area contributed by atoms with Crippen molar-refractivity contribution >= 4 is 12.0 Å². The minimum atomic E-state index is -0.635. The van der Waals surface area contributed by atoms with Gasteiger partial charge in [-0.3, -0.25) is 4.79 Å². The topological polar surface area (TPSA) is 67.4 Å². The van der Waals surface area contributed by atoms with Gasteiger partial charge in [0.25, 0.3) is 0 Å². The smallest absolute Gasteiger partial charge is 0.408 e. The van der Waals surface area contributed by atoms with Crippen LogP contribution in [0.25, 0.3) is 0 Å². The Balaban J connectivity index is 1.95. The largest absolute Gasteiger partial charge is 0.444 e. The zero-order chi connectivity index (χ0) is 19.2. The Morgan fingerprint density at radius 3 is 2.31 bits per heavy atom. The molecule has 2 atom stereocenters. The molecule has 5 heteroatoms. The standard InChI is InChI=1S/C21H32N2O3/c1-15(22-20(25)26-21(2,3)4)19(24)23-18(17-12-8-9-13-17)14-16-10-6-5-7-11-16/h5-7,10-11,15,17-18H,8-9,12-14H2,1-4H3,(H,22,25)(H,23,24). The Bertz CT molecular complexity index is 589. The monoisotopic (exact) mass is 360 g/mol. The van der Waals surface area contributed by atoms with Crippen molar-refractivity contribution in [2.24, 2.45) is 5.92 Å². The van der Waals surface area contributed by atoms with Crippen molar-refractivity contribution in [1.82, 2.24) is 10.6 Å². The summed E-state index contributed by atoms with van der Waals surface area (Å²) in [5.41, 5.74) is 0.637. The molecule has 0 heterocycles. The second-order valence-electron chi connectivity index (χ2n) is 8.22. The first-order valence-electron chi connectivity index (χ1n) is 9.58. The fourth-order valence-corrected chi connectivity index (χ4v) is 3.42. The van der Waals surface area contributed by atoms with Gasteiger partial charge in [-0.05, 0) is 58.4 Å². The SMILES string of the molecule is CC(NC(=O)OC(C)(C)C)C(=O)NC(Cc1ccccc1)C1CCCC1. The van der Waals surface area contributed by atoms with Gasteiger partial charge in [0.2, 0.25) is 5.91 Å². The average molecular weight is 360 g/mol. The molecular formula is C21H32N2O3. The molecule has 0 radical (unpaired) electrons. The first kappa shape index (κ1) is 20.3. The first-order valence-corrected chi connectivity index (χ1v) is 9.58. The zero-order valence-electron chi connectivity index (χ0n) is 16.4. The number of carbonyl (C=O) groups excluding carboxylic acids is 2. The number of ether oxygens (including phenoxy) is 1. The van der Waals surface area contributed by atoms with Crippen LogP contribution in [0.4, 0.5) is 4.79 Å². The second kappa shape index (κ2) is 9.06. The Kier molecular flexibility index (Phi) is 7.06. The van der Waals surface area contributed by atoms with Crippen molar-refractivity contribution < 1.29 is 14.3 Å². The van der Waals surface area contributed by atoms with Crippen LogP contribution in [-0.4, -0.2) is 29.7 Å². The van der Waals surface area contributed by atoms with E-state index in [1.165, 1.54) is 18.4 Å². The highest BCUT2D eigenvalue weighted by molar-refractivity contribution is 5.85. The summed E-state index contributed by atoms with van der Waals surface area (Å²) in [6.45, 7) is 7.08. The molecule has 1 aromatic carbocycles. The molecule has 0 aromatic heterocycles. The highest BCUT2D eigenvalue weighted by Gasteiger charge is 2.29. The molecule has 1 fully saturated rings. The Morgan fingerprint density at radius 1 is 1.12 bits per heavy atom. The van der Waals surface area contributed by atoms with Gasteiger partial charge in [-0.25, -0.2) is 4.79 Å². The summed E-state index contributed by atoms with van der Waals surface area (Å²) < 4.78 is 5.23. The normalized spacial score (nSPS) is 17.4. The number of hydrogen-bond donors (Lipinski definition) is 2. The van der Waals surface area contributed by atoms with Crippen molar-refractivity contribution in [1.29, 1.82) is 0 Å². The lowest BCUT2D eigenvalue weighted by Crippen LogP contribution is -2.51. The third kappa shape index (κ3) is 6.70. The van der Waals surface area contributed by atoms with Gasteiger partial charge in [-0.15, -0.1) is 0 Å². The number of nitrogens with one attached hydrogen (secondary N) is 2. The third-order valence-electron chi connectivity index (χ3n) is 4.72. The van der Waals surface area contributed by atoms with E-state index >= 15 is 0 Å². The molecule has 2 N–H and O–H groups in total. The van der Waals surface area contributed by atoms with Crippen LogP contribution < -0.4 is 10.6 Å². The first-order chi connectivity index (χ1) is 12.2. The van der Waals surface area contributed by atoms with Crippen LogP contribution in [0.3, 0.4) is 0 Å². The molecule has 2 amide bonds. The predicted octanol–water partition coefficient (Wildman–Crippen LogP) is 3.82. The van der Waals surface area contributed by atoms with Crippen LogP contribution in [0, 0.1) is 5.92 Å². The summed E-state index contributed by atoms with van der Waals surface area (Å²) in [5, 5.41) is 5.79. The summed E-state index contributed by atoms with van der Waals surface area (Å²) in [4.78, 5) is 24.5. The fraction of sp³-hybridized carbons (Fsp3) is 0.619. The molecule has 1 aliphatic rings. The highest BCUT2D eigenvalue weighted by atomic mass is 16.6. The van der Waals surface area contributed by atoms with E-state index < -0.39 is 17.7 Å². The van der Waals surface area contributed by atoms with Crippen molar-refractivity contribution in [3.05, 3.63) is 35.9 Å². The Labute approximate surface area is 156 Å². The molecule has 1 aliphatic carbocycles. The van der Waals surface area contributed by atoms with E-state index in [0.29, 0.717) is 5.92 Å². The molecule has 1 saturated carbocycles. The molecule has 0 bridgehead atoms. The van der Waals surface area contributed by atoms with Crippen LogP contribution in [0.2, 0.25) is 0 Å². The molecular weight excluding hydrogens is 328 g/mol. The number of alkyl carbamates (subject to hydrolysis) is 1. The number of carbonyl (C=O) groups is 2. The molecule has 0 saturated heterocycles. The summed E-state index contributed by atoms with van der Waals surface area (Å²) >= 11 is 0. The lowest BCUT2D eigenvalue weighted by atomic mass is 9.92. The summed E-state index contributed by atoms with van der Waals surface area (Å²) in [6, 6.07) is 9.69.